The minimum absolute atomic E-state index is 0.0301. The van der Waals surface area contributed by atoms with E-state index in [1.54, 1.807) is 13.0 Å². The number of hydrogen-bond acceptors (Lipinski definition) is 2. The SMILES string of the molecule is Cc1cc2c(cc1C(=O)c1ccc(C(=O)O)c(F)c1F)C(C)(C)CCC2(C)C. The van der Waals surface area contributed by atoms with Gasteiger partial charge in [-0.25, -0.2) is 13.6 Å². The van der Waals surface area contributed by atoms with Crippen molar-refractivity contribution in [1.82, 2.24) is 0 Å². The van der Waals surface area contributed by atoms with Crippen LogP contribution in [-0.2, 0) is 10.8 Å². The summed E-state index contributed by atoms with van der Waals surface area (Å²) in [5, 5.41) is 8.93. The van der Waals surface area contributed by atoms with Gasteiger partial charge in [0.25, 0.3) is 0 Å². The number of aromatic carboxylic acids is 1. The summed E-state index contributed by atoms with van der Waals surface area (Å²) in [4.78, 5) is 24.0. The molecular weight excluding hydrogens is 362 g/mol. The number of carbonyl (C=O) groups excluding carboxylic acids is 1. The number of fused-ring (bicyclic) bond motifs is 1. The minimum atomic E-state index is -1.58. The van der Waals surface area contributed by atoms with E-state index < -0.39 is 34.5 Å². The summed E-state index contributed by atoms with van der Waals surface area (Å²) in [6.07, 6.45) is 1.98. The number of hydrogen-bond donors (Lipinski definition) is 1. The Morgan fingerprint density at radius 1 is 0.857 bits per heavy atom. The molecule has 2 aromatic carbocycles. The van der Waals surface area contributed by atoms with Gasteiger partial charge in [0.2, 0.25) is 0 Å². The zero-order valence-corrected chi connectivity index (χ0v) is 16.7. The molecule has 28 heavy (non-hydrogen) atoms. The van der Waals surface area contributed by atoms with Gasteiger partial charge in [-0.05, 0) is 65.5 Å². The maximum Gasteiger partial charge on any atom is 0.338 e. The summed E-state index contributed by atoms with van der Waals surface area (Å²) in [5.41, 5.74) is 1.80. The van der Waals surface area contributed by atoms with E-state index in [9.17, 15) is 18.4 Å². The van der Waals surface area contributed by atoms with Gasteiger partial charge in [-0.3, -0.25) is 4.79 Å². The van der Waals surface area contributed by atoms with Crippen molar-refractivity contribution in [3.05, 3.63) is 69.3 Å². The molecule has 2 aromatic rings. The van der Waals surface area contributed by atoms with Crippen LogP contribution in [0.1, 0.15) is 83.5 Å². The average Bonchev–Trinajstić information content (AvgIpc) is 2.60. The van der Waals surface area contributed by atoms with Gasteiger partial charge in [0.1, 0.15) is 0 Å². The van der Waals surface area contributed by atoms with Gasteiger partial charge in [0.15, 0.2) is 17.4 Å². The largest absolute Gasteiger partial charge is 0.478 e. The second-order valence-corrected chi connectivity index (χ2v) is 8.90. The molecule has 0 spiro atoms. The minimum Gasteiger partial charge on any atom is -0.478 e. The van der Waals surface area contributed by atoms with Crippen LogP contribution in [0.4, 0.5) is 8.78 Å². The molecule has 0 aromatic heterocycles. The maximum absolute atomic E-state index is 14.4. The molecule has 0 atom stereocenters. The second-order valence-electron chi connectivity index (χ2n) is 8.90. The van der Waals surface area contributed by atoms with E-state index in [1.807, 2.05) is 6.07 Å². The Balaban J connectivity index is 2.17. The van der Waals surface area contributed by atoms with Gasteiger partial charge in [0, 0.05) is 5.56 Å². The highest BCUT2D eigenvalue weighted by Crippen LogP contribution is 2.46. The number of carboxylic acid groups (broad SMARTS) is 1. The normalized spacial score (nSPS) is 17.1. The van der Waals surface area contributed by atoms with Crippen molar-refractivity contribution >= 4 is 11.8 Å². The van der Waals surface area contributed by atoms with Crippen LogP contribution < -0.4 is 0 Å². The molecule has 0 bridgehead atoms. The average molecular weight is 386 g/mol. The van der Waals surface area contributed by atoms with Gasteiger partial charge in [0.05, 0.1) is 11.1 Å². The molecule has 3 rings (SSSR count). The van der Waals surface area contributed by atoms with E-state index in [-0.39, 0.29) is 10.8 Å². The number of ketones is 1. The monoisotopic (exact) mass is 386 g/mol. The number of benzene rings is 2. The third-order valence-corrected chi connectivity index (χ3v) is 6.00. The number of halogens is 2. The lowest BCUT2D eigenvalue weighted by Crippen LogP contribution is -2.34. The highest BCUT2D eigenvalue weighted by atomic mass is 19.2. The summed E-state index contributed by atoms with van der Waals surface area (Å²) < 4.78 is 28.5. The molecule has 0 saturated carbocycles. The summed E-state index contributed by atoms with van der Waals surface area (Å²) in [5.74, 6) is -5.17. The smallest absolute Gasteiger partial charge is 0.338 e. The van der Waals surface area contributed by atoms with Crippen LogP contribution >= 0.6 is 0 Å². The van der Waals surface area contributed by atoms with E-state index in [0.717, 1.165) is 30.5 Å². The van der Waals surface area contributed by atoms with Crippen molar-refractivity contribution in [3.8, 4) is 0 Å². The Labute approximate surface area is 163 Å². The first-order valence-electron chi connectivity index (χ1n) is 9.28. The van der Waals surface area contributed by atoms with Crippen LogP contribution in [0.15, 0.2) is 24.3 Å². The highest BCUT2D eigenvalue weighted by molar-refractivity contribution is 6.10. The second kappa shape index (κ2) is 6.50. The lowest BCUT2D eigenvalue weighted by Gasteiger charge is -2.42. The standard InChI is InChI=1S/C23H24F2O3/c1-12-10-16-17(23(4,5)9-8-22(16,2)3)11-15(12)20(26)13-6-7-14(21(27)28)19(25)18(13)24/h6-7,10-11H,8-9H2,1-5H3,(H,27,28). The molecule has 0 saturated heterocycles. The zero-order chi connectivity index (χ0) is 21.0. The van der Waals surface area contributed by atoms with Gasteiger partial charge < -0.3 is 5.11 Å². The molecule has 3 nitrogen and oxygen atoms in total. The van der Waals surface area contributed by atoms with Gasteiger partial charge in [-0.15, -0.1) is 0 Å². The van der Waals surface area contributed by atoms with Crippen LogP contribution in [-0.4, -0.2) is 16.9 Å². The number of carbonyl (C=O) groups is 2. The van der Waals surface area contributed by atoms with Gasteiger partial charge in [-0.1, -0.05) is 33.8 Å². The zero-order valence-electron chi connectivity index (χ0n) is 16.7. The topological polar surface area (TPSA) is 54.4 Å². The molecule has 0 heterocycles. The molecule has 5 heteroatoms. The number of carboxylic acids is 1. The fourth-order valence-corrected chi connectivity index (χ4v) is 4.00. The van der Waals surface area contributed by atoms with Crippen molar-refractivity contribution in [3.63, 3.8) is 0 Å². The van der Waals surface area contributed by atoms with E-state index in [1.165, 1.54) is 5.56 Å². The third kappa shape index (κ3) is 3.13. The van der Waals surface area contributed by atoms with Crippen LogP contribution in [0, 0.1) is 18.6 Å². The predicted octanol–water partition coefficient (Wildman–Crippen LogP) is 5.55. The molecule has 0 aliphatic heterocycles. The van der Waals surface area contributed by atoms with Crippen molar-refractivity contribution in [2.45, 2.75) is 58.3 Å². The fraction of sp³-hybridized carbons (Fsp3) is 0.391. The Kier molecular flexibility index (Phi) is 4.69. The first-order chi connectivity index (χ1) is 12.9. The number of rotatable bonds is 3. The molecule has 0 radical (unpaired) electrons. The lowest BCUT2D eigenvalue weighted by atomic mass is 9.62. The van der Waals surface area contributed by atoms with Gasteiger partial charge >= 0.3 is 5.97 Å². The highest BCUT2D eigenvalue weighted by Gasteiger charge is 2.38. The Morgan fingerprint density at radius 3 is 1.86 bits per heavy atom. The fourth-order valence-electron chi connectivity index (χ4n) is 4.00. The van der Waals surface area contributed by atoms with Crippen LogP contribution in [0.2, 0.25) is 0 Å². The van der Waals surface area contributed by atoms with Crippen molar-refractivity contribution in [2.75, 3.05) is 0 Å². The molecular formula is C23H24F2O3. The molecule has 1 aliphatic rings. The Morgan fingerprint density at radius 2 is 1.32 bits per heavy atom. The van der Waals surface area contributed by atoms with Crippen LogP contribution in [0.5, 0.6) is 0 Å². The summed E-state index contributed by atoms with van der Waals surface area (Å²) in [7, 11) is 0. The van der Waals surface area contributed by atoms with E-state index >= 15 is 0 Å². The predicted molar refractivity (Wildman–Crippen MR) is 103 cm³/mol. The summed E-state index contributed by atoms with van der Waals surface area (Å²) >= 11 is 0. The van der Waals surface area contributed by atoms with Crippen molar-refractivity contribution in [1.29, 1.82) is 0 Å². The molecule has 1 N–H and O–H groups in total. The lowest BCUT2D eigenvalue weighted by molar-refractivity contribution is 0.0690. The first kappa shape index (κ1) is 20.2. The van der Waals surface area contributed by atoms with E-state index in [0.29, 0.717) is 11.1 Å². The van der Waals surface area contributed by atoms with E-state index in [4.69, 9.17) is 5.11 Å². The summed E-state index contributed by atoms with van der Waals surface area (Å²) in [6.45, 7) is 10.4. The third-order valence-electron chi connectivity index (χ3n) is 6.00. The van der Waals surface area contributed by atoms with Gasteiger partial charge in [-0.2, -0.15) is 0 Å². The van der Waals surface area contributed by atoms with Crippen molar-refractivity contribution < 1.29 is 23.5 Å². The number of aryl methyl sites for hydroxylation is 1. The van der Waals surface area contributed by atoms with E-state index in [2.05, 4.69) is 27.7 Å². The molecule has 0 unspecified atom stereocenters. The Hall–Kier alpha value is -2.56. The van der Waals surface area contributed by atoms with Crippen LogP contribution in [0.25, 0.3) is 0 Å². The maximum atomic E-state index is 14.4. The first-order valence-corrected chi connectivity index (χ1v) is 9.28. The summed E-state index contributed by atoms with van der Waals surface area (Å²) in [6, 6.07) is 5.74. The van der Waals surface area contributed by atoms with Crippen LogP contribution in [0.3, 0.4) is 0 Å². The molecule has 0 fully saturated rings. The molecule has 0 amide bonds. The van der Waals surface area contributed by atoms with Crippen molar-refractivity contribution in [2.24, 2.45) is 0 Å². The Bertz CT molecular complexity index is 1000. The molecule has 1 aliphatic carbocycles. The quantitative estimate of drug-likeness (QED) is 0.704. The molecule has 148 valence electrons.